The van der Waals surface area contributed by atoms with Crippen molar-refractivity contribution in [2.45, 2.75) is 64.2 Å². The molecular weight excluding hydrogens is 314 g/mol. The van der Waals surface area contributed by atoms with Crippen LogP contribution in [0.1, 0.15) is 69.8 Å². The summed E-state index contributed by atoms with van der Waals surface area (Å²) in [4.78, 5) is 0. The molecule has 1 aromatic rings. The van der Waals surface area contributed by atoms with Gasteiger partial charge in [-0.05, 0) is 87.5 Å². The van der Waals surface area contributed by atoms with Crippen LogP contribution < -0.4 is 0 Å². The van der Waals surface area contributed by atoms with Gasteiger partial charge in [-0.15, -0.1) is 6.58 Å². The molecule has 0 unspecified atom stereocenters. The van der Waals surface area contributed by atoms with Gasteiger partial charge in [-0.1, -0.05) is 35.9 Å². The van der Waals surface area contributed by atoms with Gasteiger partial charge < -0.3 is 0 Å². The molecule has 0 N–H and O–H groups in total. The molecule has 2 radical (unpaired) electrons. The average molecular weight is 349 g/mol. The number of hydrogen-bond acceptors (Lipinski definition) is 0. The van der Waals surface area contributed by atoms with E-state index in [1.54, 1.807) is 5.56 Å². The first-order valence-electron chi connectivity index (χ1n) is 8.95. The minimum Gasteiger partial charge on any atom is -0.187 e. The molecule has 0 nitrogen and oxygen atoms in total. The third-order valence-electron chi connectivity index (χ3n) is 6.14. The molecule has 0 amide bonds. The van der Waals surface area contributed by atoms with Crippen LogP contribution in [0.25, 0.3) is 0 Å². The molecule has 0 aromatic heterocycles. The minimum absolute atomic E-state index is 0. The third-order valence-corrected chi connectivity index (χ3v) is 6.14. The third kappa shape index (κ3) is 5.30. The summed E-state index contributed by atoms with van der Waals surface area (Å²) in [5.41, 5.74) is 2.96. The number of benzene rings is 1. The first-order chi connectivity index (χ1) is 10.3. The van der Waals surface area contributed by atoms with E-state index in [9.17, 15) is 0 Å². The van der Waals surface area contributed by atoms with E-state index in [-0.39, 0.29) is 28.4 Å². The Hall–Kier alpha value is -0.391. The van der Waals surface area contributed by atoms with Crippen LogP contribution in [0, 0.1) is 24.7 Å². The fourth-order valence-corrected chi connectivity index (χ4v) is 4.61. The van der Waals surface area contributed by atoms with Gasteiger partial charge in [-0.3, -0.25) is 0 Å². The Balaban J connectivity index is 0.00000176. The maximum absolute atomic E-state index is 3.97. The second-order valence-electron chi connectivity index (χ2n) is 7.43. The van der Waals surface area contributed by atoms with Crippen LogP contribution in [0.2, 0.25) is 0 Å². The van der Waals surface area contributed by atoms with Crippen molar-refractivity contribution in [1.82, 2.24) is 0 Å². The summed E-state index contributed by atoms with van der Waals surface area (Å²) < 4.78 is 0. The zero-order valence-corrected chi connectivity index (χ0v) is 15.4. The summed E-state index contributed by atoms with van der Waals surface area (Å²) in [5, 5.41) is 0. The molecule has 2 saturated carbocycles. The molecule has 0 heterocycles. The van der Waals surface area contributed by atoms with E-state index in [1.807, 2.05) is 0 Å². The standard InChI is InChI=1S/C21H30.BH3.V.H2/c1-3-17-6-10-19(11-7-17)21-14-12-20(13-15-21)18-8-4-16(2)5-9-18;;;/h3-5,8-9,17,19-21H,1,6-7,10-15H2,2H3;1H3;;1H/q;-1;;. The van der Waals surface area contributed by atoms with Gasteiger partial charge in [0.2, 0.25) is 0 Å². The van der Waals surface area contributed by atoms with E-state index in [1.165, 1.54) is 56.9 Å². The van der Waals surface area contributed by atoms with E-state index in [4.69, 9.17) is 0 Å². The molecule has 2 aliphatic rings. The Morgan fingerprint density at radius 1 is 0.870 bits per heavy atom. The molecule has 0 spiro atoms. The van der Waals surface area contributed by atoms with Crippen LogP contribution in [-0.2, 0) is 18.6 Å². The largest absolute Gasteiger partial charge is 0.187 e. The zero-order chi connectivity index (χ0) is 14.7. The van der Waals surface area contributed by atoms with Crippen LogP contribution in [0.3, 0.4) is 0 Å². The number of hydrogen-bond donors (Lipinski definition) is 0. The van der Waals surface area contributed by atoms with Crippen molar-refractivity contribution in [3.63, 3.8) is 0 Å². The van der Waals surface area contributed by atoms with Gasteiger partial charge in [-0.25, -0.2) is 0 Å². The smallest absolute Gasteiger partial charge is 0 e. The summed E-state index contributed by atoms with van der Waals surface area (Å²) in [6, 6.07) is 9.27. The van der Waals surface area contributed by atoms with E-state index < -0.39 is 0 Å². The minimum atomic E-state index is 0. The molecule has 0 bridgehead atoms. The van der Waals surface area contributed by atoms with Crippen molar-refractivity contribution >= 4 is 8.41 Å². The van der Waals surface area contributed by atoms with Gasteiger partial charge in [0, 0.05) is 20.0 Å². The Morgan fingerprint density at radius 3 is 1.83 bits per heavy atom. The van der Waals surface area contributed by atoms with Gasteiger partial charge in [0.1, 0.15) is 0 Å². The molecular formula is C21H35BV-. The molecule has 2 fully saturated rings. The van der Waals surface area contributed by atoms with Crippen molar-refractivity contribution in [3.05, 3.63) is 48.0 Å². The fourth-order valence-electron chi connectivity index (χ4n) is 4.61. The summed E-state index contributed by atoms with van der Waals surface area (Å²) >= 11 is 0. The van der Waals surface area contributed by atoms with Gasteiger partial charge in [-0.2, -0.15) is 8.41 Å². The summed E-state index contributed by atoms with van der Waals surface area (Å²) in [7, 11) is 0. The maximum atomic E-state index is 3.97. The molecule has 2 heteroatoms. The maximum Gasteiger partial charge on any atom is 0 e. The molecule has 3 rings (SSSR count). The summed E-state index contributed by atoms with van der Waals surface area (Å²) in [6.07, 6.45) is 13.6. The molecule has 2 aliphatic carbocycles. The SMILES string of the molecule is C=CC1CCC(C2CCC(c3ccc(C)cc3)CC2)CC1.[BH3-].[HH].[V]. The predicted octanol–water partition coefficient (Wildman–Crippen LogP) is 5.32. The van der Waals surface area contributed by atoms with Crippen LogP contribution in [0.4, 0.5) is 0 Å². The monoisotopic (exact) mass is 349 g/mol. The first-order valence-corrected chi connectivity index (χ1v) is 8.95. The Bertz CT molecular complexity index is 457. The Labute approximate surface area is 158 Å². The summed E-state index contributed by atoms with van der Waals surface area (Å²) in [5.74, 6) is 3.66. The Kier molecular flexibility index (Phi) is 8.80. The van der Waals surface area contributed by atoms with Crippen molar-refractivity contribution in [3.8, 4) is 0 Å². The zero-order valence-electron chi connectivity index (χ0n) is 14.0. The summed E-state index contributed by atoms with van der Waals surface area (Å²) in [6.45, 7) is 6.15. The molecule has 0 aliphatic heterocycles. The Morgan fingerprint density at radius 2 is 1.35 bits per heavy atom. The van der Waals surface area contributed by atoms with Gasteiger partial charge in [0.25, 0.3) is 0 Å². The second-order valence-corrected chi connectivity index (χ2v) is 7.43. The van der Waals surface area contributed by atoms with Gasteiger partial charge in [0.15, 0.2) is 0 Å². The molecule has 23 heavy (non-hydrogen) atoms. The van der Waals surface area contributed by atoms with E-state index in [2.05, 4.69) is 43.8 Å². The first kappa shape index (κ1) is 20.7. The molecule has 1 aromatic carbocycles. The predicted molar refractivity (Wildman–Crippen MR) is 104 cm³/mol. The molecule has 128 valence electrons. The van der Waals surface area contributed by atoms with Gasteiger partial charge in [0.05, 0.1) is 0 Å². The number of aryl methyl sites for hydroxylation is 1. The molecule has 0 atom stereocenters. The van der Waals surface area contributed by atoms with E-state index in [0.29, 0.717) is 0 Å². The normalized spacial score (nSPS) is 30.7. The van der Waals surface area contributed by atoms with E-state index >= 15 is 0 Å². The quantitative estimate of drug-likeness (QED) is 0.512. The van der Waals surface area contributed by atoms with Crippen molar-refractivity contribution < 1.29 is 20.0 Å². The van der Waals surface area contributed by atoms with Crippen LogP contribution >= 0.6 is 0 Å². The fraction of sp³-hybridized carbons (Fsp3) is 0.619. The second kappa shape index (κ2) is 9.80. The molecule has 0 saturated heterocycles. The van der Waals surface area contributed by atoms with Crippen molar-refractivity contribution in [2.24, 2.45) is 17.8 Å². The van der Waals surface area contributed by atoms with E-state index in [0.717, 1.165) is 23.7 Å². The average Bonchev–Trinajstić information content (AvgIpc) is 2.56. The van der Waals surface area contributed by atoms with Crippen LogP contribution in [-0.4, -0.2) is 8.41 Å². The van der Waals surface area contributed by atoms with Gasteiger partial charge >= 0.3 is 0 Å². The van der Waals surface area contributed by atoms with Crippen LogP contribution in [0.15, 0.2) is 36.9 Å². The number of rotatable bonds is 3. The topological polar surface area (TPSA) is 0 Å². The van der Waals surface area contributed by atoms with Crippen molar-refractivity contribution in [2.75, 3.05) is 0 Å². The number of allylic oxidation sites excluding steroid dienone is 1. The van der Waals surface area contributed by atoms with Crippen LogP contribution in [0.5, 0.6) is 0 Å². The van der Waals surface area contributed by atoms with Crippen molar-refractivity contribution in [1.29, 1.82) is 0 Å².